The van der Waals surface area contributed by atoms with Gasteiger partial charge in [-0.1, -0.05) is 19.1 Å². The number of rotatable bonds is 3. The lowest BCUT2D eigenvalue weighted by atomic mass is 9.98. The Balaban J connectivity index is 2.86. The third kappa shape index (κ3) is 2.22. The molecule has 0 aromatic heterocycles. The molecule has 68 valence electrons. The fraction of sp³-hybridized carbons (Fsp3) is 0.364. The zero-order valence-electron chi connectivity index (χ0n) is 7.95. The average molecular weight is 175 g/mol. The van der Waals surface area contributed by atoms with Crippen LogP contribution in [0.5, 0.6) is 5.75 Å². The van der Waals surface area contributed by atoms with Crippen molar-refractivity contribution >= 4 is 0 Å². The van der Waals surface area contributed by atoms with Gasteiger partial charge < -0.3 is 4.74 Å². The molecule has 0 saturated carbocycles. The molecule has 0 radical (unpaired) electrons. The van der Waals surface area contributed by atoms with E-state index in [1.807, 2.05) is 31.2 Å². The minimum absolute atomic E-state index is 0.00547. The number of hydrogen-bond donors (Lipinski definition) is 0. The Morgan fingerprint density at radius 3 is 2.38 bits per heavy atom. The molecular weight excluding hydrogens is 162 g/mol. The van der Waals surface area contributed by atoms with Crippen molar-refractivity contribution in [3.05, 3.63) is 29.8 Å². The van der Waals surface area contributed by atoms with Gasteiger partial charge in [-0.15, -0.1) is 0 Å². The van der Waals surface area contributed by atoms with Crippen LogP contribution in [0.15, 0.2) is 24.3 Å². The highest BCUT2D eigenvalue weighted by molar-refractivity contribution is 5.31. The van der Waals surface area contributed by atoms with Gasteiger partial charge in [0, 0.05) is 0 Å². The fourth-order valence-electron chi connectivity index (χ4n) is 1.24. The van der Waals surface area contributed by atoms with Gasteiger partial charge in [0.05, 0.1) is 19.1 Å². The molecular formula is C11H13NO. The molecule has 0 aliphatic rings. The lowest BCUT2D eigenvalue weighted by molar-refractivity contribution is 0.414. The van der Waals surface area contributed by atoms with Crippen LogP contribution in [0.4, 0.5) is 0 Å². The van der Waals surface area contributed by atoms with E-state index in [-0.39, 0.29) is 5.92 Å². The van der Waals surface area contributed by atoms with Gasteiger partial charge in [0.25, 0.3) is 0 Å². The van der Waals surface area contributed by atoms with Crippen molar-refractivity contribution in [3.8, 4) is 11.8 Å². The minimum Gasteiger partial charge on any atom is -0.497 e. The van der Waals surface area contributed by atoms with Crippen LogP contribution in [0.1, 0.15) is 24.8 Å². The van der Waals surface area contributed by atoms with Crippen LogP contribution < -0.4 is 4.74 Å². The first-order chi connectivity index (χ1) is 6.31. The summed E-state index contributed by atoms with van der Waals surface area (Å²) in [6.07, 6.45) is 0.850. The summed E-state index contributed by atoms with van der Waals surface area (Å²) in [6.45, 7) is 2.01. The molecule has 0 unspecified atom stereocenters. The Kier molecular flexibility index (Phi) is 3.33. The molecule has 2 nitrogen and oxygen atoms in total. The van der Waals surface area contributed by atoms with E-state index in [2.05, 4.69) is 6.07 Å². The number of ether oxygens (including phenoxy) is 1. The topological polar surface area (TPSA) is 33.0 Å². The van der Waals surface area contributed by atoms with Gasteiger partial charge in [-0.2, -0.15) is 5.26 Å². The molecule has 0 aliphatic heterocycles. The summed E-state index contributed by atoms with van der Waals surface area (Å²) < 4.78 is 5.03. The van der Waals surface area contributed by atoms with Gasteiger partial charge in [0.2, 0.25) is 0 Å². The molecule has 1 aromatic rings. The number of methoxy groups -OCH3 is 1. The normalized spacial score (nSPS) is 11.8. The van der Waals surface area contributed by atoms with E-state index in [1.165, 1.54) is 0 Å². The standard InChI is InChI=1S/C11H13NO/c1-3-9(8-12)10-4-6-11(13-2)7-5-10/h4-7,9H,3H2,1-2H3/t9-/m0/s1. The first-order valence-electron chi connectivity index (χ1n) is 4.35. The molecule has 2 heteroatoms. The van der Waals surface area contributed by atoms with E-state index in [0.717, 1.165) is 17.7 Å². The van der Waals surface area contributed by atoms with Crippen molar-refractivity contribution in [1.29, 1.82) is 5.26 Å². The Morgan fingerprint density at radius 1 is 1.38 bits per heavy atom. The lowest BCUT2D eigenvalue weighted by Crippen LogP contribution is -1.93. The Morgan fingerprint density at radius 2 is 2.00 bits per heavy atom. The molecule has 0 saturated heterocycles. The Labute approximate surface area is 78.8 Å². The molecule has 1 rings (SSSR count). The predicted octanol–water partition coefficient (Wildman–Crippen LogP) is 2.71. The quantitative estimate of drug-likeness (QED) is 0.707. The first kappa shape index (κ1) is 9.60. The van der Waals surface area contributed by atoms with Gasteiger partial charge in [0.15, 0.2) is 0 Å². The van der Waals surface area contributed by atoms with E-state index in [1.54, 1.807) is 7.11 Å². The molecule has 0 fully saturated rings. The monoisotopic (exact) mass is 175 g/mol. The van der Waals surface area contributed by atoms with Crippen molar-refractivity contribution < 1.29 is 4.74 Å². The van der Waals surface area contributed by atoms with Crippen molar-refractivity contribution in [2.45, 2.75) is 19.3 Å². The Hall–Kier alpha value is -1.49. The van der Waals surface area contributed by atoms with Gasteiger partial charge >= 0.3 is 0 Å². The Bertz CT molecular complexity index is 297. The highest BCUT2D eigenvalue weighted by Gasteiger charge is 2.06. The van der Waals surface area contributed by atoms with Crippen LogP contribution in [0.3, 0.4) is 0 Å². The minimum atomic E-state index is 0.00547. The summed E-state index contributed by atoms with van der Waals surface area (Å²) in [5.74, 6) is 0.836. The van der Waals surface area contributed by atoms with Crippen LogP contribution in [0.2, 0.25) is 0 Å². The van der Waals surface area contributed by atoms with E-state index in [4.69, 9.17) is 10.00 Å². The molecule has 13 heavy (non-hydrogen) atoms. The smallest absolute Gasteiger partial charge is 0.118 e. The molecule has 0 amide bonds. The summed E-state index contributed by atoms with van der Waals surface area (Å²) in [4.78, 5) is 0. The van der Waals surface area contributed by atoms with Gasteiger partial charge in [-0.25, -0.2) is 0 Å². The van der Waals surface area contributed by atoms with Gasteiger partial charge in [0.1, 0.15) is 5.75 Å². The number of benzene rings is 1. The summed E-state index contributed by atoms with van der Waals surface area (Å²) >= 11 is 0. The second-order valence-electron chi connectivity index (χ2n) is 2.86. The average Bonchev–Trinajstić information content (AvgIpc) is 2.21. The van der Waals surface area contributed by atoms with Crippen LogP contribution in [0, 0.1) is 11.3 Å². The zero-order valence-corrected chi connectivity index (χ0v) is 7.95. The van der Waals surface area contributed by atoms with E-state index in [9.17, 15) is 0 Å². The van der Waals surface area contributed by atoms with Gasteiger partial charge in [-0.3, -0.25) is 0 Å². The van der Waals surface area contributed by atoms with Gasteiger partial charge in [-0.05, 0) is 24.1 Å². The molecule has 0 heterocycles. The maximum atomic E-state index is 8.82. The largest absolute Gasteiger partial charge is 0.497 e. The van der Waals surface area contributed by atoms with E-state index in [0.29, 0.717) is 0 Å². The molecule has 0 spiro atoms. The first-order valence-corrected chi connectivity index (χ1v) is 4.35. The van der Waals surface area contributed by atoms with Crippen LogP contribution in [-0.2, 0) is 0 Å². The third-order valence-corrected chi connectivity index (χ3v) is 2.08. The van der Waals surface area contributed by atoms with Crippen molar-refractivity contribution in [1.82, 2.24) is 0 Å². The summed E-state index contributed by atoms with van der Waals surface area (Å²) in [7, 11) is 1.64. The summed E-state index contributed by atoms with van der Waals surface area (Å²) in [5.41, 5.74) is 1.06. The molecule has 0 bridgehead atoms. The highest BCUT2D eigenvalue weighted by Crippen LogP contribution is 2.20. The number of nitrogens with zero attached hydrogens (tertiary/aromatic N) is 1. The molecule has 0 aliphatic carbocycles. The van der Waals surface area contributed by atoms with Crippen molar-refractivity contribution in [2.75, 3.05) is 7.11 Å². The third-order valence-electron chi connectivity index (χ3n) is 2.08. The highest BCUT2D eigenvalue weighted by atomic mass is 16.5. The van der Waals surface area contributed by atoms with E-state index < -0.39 is 0 Å². The van der Waals surface area contributed by atoms with Crippen LogP contribution in [-0.4, -0.2) is 7.11 Å². The zero-order chi connectivity index (χ0) is 9.68. The molecule has 1 atom stereocenters. The number of hydrogen-bond acceptors (Lipinski definition) is 2. The van der Waals surface area contributed by atoms with Crippen molar-refractivity contribution in [2.24, 2.45) is 0 Å². The lowest BCUT2D eigenvalue weighted by Gasteiger charge is -2.06. The predicted molar refractivity (Wildman–Crippen MR) is 51.6 cm³/mol. The van der Waals surface area contributed by atoms with E-state index >= 15 is 0 Å². The second kappa shape index (κ2) is 4.51. The fourth-order valence-corrected chi connectivity index (χ4v) is 1.24. The van der Waals surface area contributed by atoms with Crippen LogP contribution >= 0.6 is 0 Å². The maximum Gasteiger partial charge on any atom is 0.118 e. The summed E-state index contributed by atoms with van der Waals surface area (Å²) in [6, 6.07) is 9.91. The van der Waals surface area contributed by atoms with Crippen LogP contribution in [0.25, 0.3) is 0 Å². The second-order valence-corrected chi connectivity index (χ2v) is 2.86. The SMILES string of the molecule is CC[C@@H](C#N)c1ccc(OC)cc1. The molecule has 0 N–H and O–H groups in total. The number of nitriles is 1. The summed E-state index contributed by atoms with van der Waals surface area (Å²) in [5, 5.41) is 8.82. The van der Waals surface area contributed by atoms with Crippen molar-refractivity contribution in [3.63, 3.8) is 0 Å². The molecule has 1 aromatic carbocycles. The maximum absolute atomic E-state index is 8.82.